The molecule has 0 aliphatic carbocycles. The summed E-state index contributed by atoms with van der Waals surface area (Å²) in [7, 11) is 1.61. The molecule has 0 unspecified atom stereocenters. The summed E-state index contributed by atoms with van der Waals surface area (Å²) in [4.78, 5) is 0. The van der Waals surface area contributed by atoms with Gasteiger partial charge in [0.05, 0.1) is 18.8 Å². The van der Waals surface area contributed by atoms with E-state index in [1.807, 2.05) is 72.8 Å². The smallest absolute Gasteiger partial charge is 0.161 e. The lowest BCUT2D eigenvalue weighted by molar-refractivity contribution is 0.281. The molecular formula is C30H23BrClNO3. The Labute approximate surface area is 224 Å². The molecule has 0 saturated heterocycles. The lowest BCUT2D eigenvalue weighted by atomic mass is 10.0. The topological polar surface area (TPSA) is 51.5 Å². The fourth-order valence-electron chi connectivity index (χ4n) is 3.55. The molecule has 0 amide bonds. The zero-order valence-corrected chi connectivity index (χ0v) is 21.9. The molecule has 4 aromatic rings. The maximum atomic E-state index is 9.75. The summed E-state index contributed by atoms with van der Waals surface area (Å²) in [6, 6.07) is 30.9. The van der Waals surface area contributed by atoms with Gasteiger partial charge in [0.1, 0.15) is 19.0 Å². The van der Waals surface area contributed by atoms with Crippen molar-refractivity contribution < 1.29 is 14.2 Å². The second-order valence-electron chi connectivity index (χ2n) is 7.91. The van der Waals surface area contributed by atoms with Crippen molar-refractivity contribution in [3.05, 3.63) is 123 Å². The van der Waals surface area contributed by atoms with Gasteiger partial charge in [0.2, 0.25) is 0 Å². The molecular weight excluding hydrogens is 538 g/mol. The molecule has 0 aliphatic heterocycles. The van der Waals surface area contributed by atoms with Crippen molar-refractivity contribution in [1.82, 2.24) is 0 Å². The van der Waals surface area contributed by atoms with E-state index in [1.165, 1.54) is 0 Å². The van der Waals surface area contributed by atoms with Gasteiger partial charge in [-0.25, -0.2) is 0 Å². The Morgan fingerprint density at radius 1 is 0.833 bits per heavy atom. The van der Waals surface area contributed by atoms with Crippen LogP contribution in [-0.4, -0.2) is 7.11 Å². The van der Waals surface area contributed by atoms with E-state index in [0.717, 1.165) is 26.7 Å². The number of nitrogens with zero attached hydrogens (tertiary/aromatic N) is 1. The molecule has 4 nitrogen and oxygen atoms in total. The van der Waals surface area contributed by atoms with Crippen LogP contribution in [0.5, 0.6) is 17.2 Å². The average molecular weight is 561 g/mol. The zero-order chi connectivity index (χ0) is 25.3. The van der Waals surface area contributed by atoms with Crippen LogP contribution >= 0.6 is 27.5 Å². The van der Waals surface area contributed by atoms with Crippen molar-refractivity contribution in [1.29, 1.82) is 5.26 Å². The van der Waals surface area contributed by atoms with Gasteiger partial charge in [-0.05, 0) is 65.2 Å². The van der Waals surface area contributed by atoms with Crippen LogP contribution in [0.3, 0.4) is 0 Å². The van der Waals surface area contributed by atoms with Gasteiger partial charge in [-0.15, -0.1) is 0 Å². The quantitative estimate of drug-likeness (QED) is 0.152. The van der Waals surface area contributed by atoms with Crippen LogP contribution in [-0.2, 0) is 13.2 Å². The van der Waals surface area contributed by atoms with Crippen LogP contribution in [0.2, 0.25) is 5.02 Å². The van der Waals surface area contributed by atoms with Crippen molar-refractivity contribution in [2.24, 2.45) is 0 Å². The number of hydrogen-bond donors (Lipinski definition) is 0. The van der Waals surface area contributed by atoms with Gasteiger partial charge < -0.3 is 14.2 Å². The molecule has 0 saturated carbocycles. The molecule has 0 fully saturated rings. The zero-order valence-electron chi connectivity index (χ0n) is 19.6. The second kappa shape index (κ2) is 12.3. The van der Waals surface area contributed by atoms with Crippen LogP contribution in [0, 0.1) is 11.3 Å². The molecule has 0 bridgehead atoms. The Kier molecular flexibility index (Phi) is 8.67. The monoisotopic (exact) mass is 559 g/mol. The van der Waals surface area contributed by atoms with Crippen LogP contribution in [0.1, 0.15) is 22.3 Å². The molecule has 0 spiro atoms. The highest BCUT2D eigenvalue weighted by atomic mass is 79.9. The van der Waals surface area contributed by atoms with Gasteiger partial charge >= 0.3 is 0 Å². The highest BCUT2D eigenvalue weighted by Crippen LogP contribution is 2.31. The van der Waals surface area contributed by atoms with E-state index in [4.69, 9.17) is 25.8 Å². The van der Waals surface area contributed by atoms with Gasteiger partial charge in [0, 0.05) is 15.1 Å². The van der Waals surface area contributed by atoms with Crippen LogP contribution in [0.15, 0.2) is 95.5 Å². The maximum absolute atomic E-state index is 9.75. The van der Waals surface area contributed by atoms with E-state index in [0.29, 0.717) is 41.1 Å². The van der Waals surface area contributed by atoms with Gasteiger partial charge in [-0.2, -0.15) is 5.26 Å². The van der Waals surface area contributed by atoms with E-state index in [2.05, 4.69) is 22.0 Å². The number of hydrogen-bond acceptors (Lipinski definition) is 4. The first-order chi connectivity index (χ1) is 17.6. The first-order valence-electron chi connectivity index (χ1n) is 11.2. The highest BCUT2D eigenvalue weighted by molar-refractivity contribution is 9.10. The predicted octanol–water partition coefficient (Wildman–Crippen LogP) is 8.33. The summed E-state index contributed by atoms with van der Waals surface area (Å²) in [6.07, 6.45) is 1.78. The number of methoxy groups -OCH3 is 1. The fraction of sp³-hybridized carbons (Fsp3) is 0.100. The number of nitriles is 1. The minimum Gasteiger partial charge on any atom is -0.493 e. The minimum absolute atomic E-state index is 0.304. The molecule has 0 heterocycles. The van der Waals surface area contributed by atoms with Gasteiger partial charge in [-0.1, -0.05) is 76.1 Å². The van der Waals surface area contributed by atoms with Crippen molar-refractivity contribution >= 4 is 39.2 Å². The van der Waals surface area contributed by atoms with Crippen molar-refractivity contribution in [2.45, 2.75) is 13.2 Å². The minimum atomic E-state index is 0.304. The summed E-state index contributed by atoms with van der Waals surface area (Å²) < 4.78 is 18.6. The average Bonchev–Trinajstić information content (AvgIpc) is 2.91. The maximum Gasteiger partial charge on any atom is 0.161 e. The van der Waals surface area contributed by atoms with Gasteiger partial charge in [0.15, 0.2) is 11.5 Å². The van der Waals surface area contributed by atoms with E-state index in [9.17, 15) is 5.26 Å². The lowest BCUT2D eigenvalue weighted by Gasteiger charge is -2.14. The molecule has 0 aromatic heterocycles. The van der Waals surface area contributed by atoms with Crippen molar-refractivity contribution in [3.63, 3.8) is 0 Å². The Bertz CT molecular complexity index is 1400. The molecule has 4 rings (SSSR count). The summed E-state index contributed by atoms with van der Waals surface area (Å²) in [5.74, 6) is 1.91. The van der Waals surface area contributed by atoms with Crippen molar-refractivity contribution in [2.75, 3.05) is 7.11 Å². The first-order valence-corrected chi connectivity index (χ1v) is 12.4. The predicted molar refractivity (Wildman–Crippen MR) is 147 cm³/mol. The van der Waals surface area contributed by atoms with E-state index >= 15 is 0 Å². The third kappa shape index (κ3) is 6.69. The number of allylic oxidation sites excluding steroid dienone is 1. The Balaban J connectivity index is 1.51. The van der Waals surface area contributed by atoms with Crippen LogP contribution in [0.25, 0.3) is 11.6 Å². The number of rotatable bonds is 9. The van der Waals surface area contributed by atoms with E-state index < -0.39 is 0 Å². The first kappa shape index (κ1) is 25.4. The van der Waals surface area contributed by atoms with E-state index in [-0.39, 0.29) is 0 Å². The van der Waals surface area contributed by atoms with Crippen LogP contribution < -0.4 is 14.2 Å². The standard InChI is InChI=1S/C30H23BrClNO3/c1-34-30-15-22(7-13-29(30)36-19-21-5-3-2-4-6-21)20-35-28-14-12-27(32)17-24(28)16-25(18-33)23-8-10-26(31)11-9-23/h2-17H,19-20H2,1H3/b25-16+. The molecule has 0 aliphatic rings. The van der Waals surface area contributed by atoms with Gasteiger partial charge in [-0.3, -0.25) is 0 Å². The Morgan fingerprint density at radius 3 is 2.25 bits per heavy atom. The summed E-state index contributed by atoms with van der Waals surface area (Å²) in [6.45, 7) is 0.755. The molecule has 0 atom stereocenters. The lowest BCUT2D eigenvalue weighted by Crippen LogP contribution is -2.01. The third-order valence-electron chi connectivity index (χ3n) is 5.41. The largest absolute Gasteiger partial charge is 0.493 e. The molecule has 4 aromatic carbocycles. The molecule has 6 heteroatoms. The molecule has 180 valence electrons. The second-order valence-corrected chi connectivity index (χ2v) is 9.26. The summed E-state index contributed by atoms with van der Waals surface area (Å²) in [5, 5.41) is 10.3. The summed E-state index contributed by atoms with van der Waals surface area (Å²) >= 11 is 9.68. The molecule has 0 radical (unpaired) electrons. The number of benzene rings is 4. The highest BCUT2D eigenvalue weighted by Gasteiger charge is 2.10. The van der Waals surface area contributed by atoms with Gasteiger partial charge in [0.25, 0.3) is 0 Å². The number of ether oxygens (including phenoxy) is 3. The SMILES string of the molecule is COc1cc(COc2ccc(Cl)cc2/C=C(\C#N)c2ccc(Br)cc2)ccc1OCc1ccccc1. The molecule has 36 heavy (non-hydrogen) atoms. The Morgan fingerprint density at radius 2 is 1.53 bits per heavy atom. The normalized spacial score (nSPS) is 11.0. The number of halogens is 2. The Hall–Kier alpha value is -3.72. The molecule has 0 N–H and O–H groups in total. The fourth-order valence-corrected chi connectivity index (χ4v) is 3.99. The van der Waals surface area contributed by atoms with E-state index in [1.54, 1.807) is 31.4 Å². The summed E-state index contributed by atoms with van der Waals surface area (Å²) in [5.41, 5.74) is 4.03. The van der Waals surface area contributed by atoms with Crippen LogP contribution in [0.4, 0.5) is 0 Å². The third-order valence-corrected chi connectivity index (χ3v) is 6.17. The van der Waals surface area contributed by atoms with Crippen molar-refractivity contribution in [3.8, 4) is 23.3 Å².